The van der Waals surface area contributed by atoms with Crippen molar-refractivity contribution in [2.24, 2.45) is 0 Å². The number of rotatable bonds is 4. The number of piperidine rings is 1. The fourth-order valence-electron chi connectivity index (χ4n) is 4.22. The highest BCUT2D eigenvalue weighted by molar-refractivity contribution is 6.33. The Labute approximate surface area is 197 Å². The maximum atomic E-state index is 14.2. The molecule has 3 aromatic rings. The summed E-state index contributed by atoms with van der Waals surface area (Å²) in [6, 6.07) is 11.2. The zero-order chi connectivity index (χ0) is 23.2. The molecule has 2 unspecified atom stereocenters. The molecule has 2 aliphatic rings. The number of halogens is 2. The second-order valence-corrected chi connectivity index (χ2v) is 9.63. The molecule has 0 radical (unpaired) electrons. The molecule has 3 heterocycles. The Morgan fingerprint density at radius 2 is 1.94 bits per heavy atom. The van der Waals surface area contributed by atoms with E-state index < -0.39 is 11.8 Å². The molecule has 2 atom stereocenters. The number of carbonyl (C=O) groups is 1. The van der Waals surface area contributed by atoms with E-state index >= 15 is 0 Å². The van der Waals surface area contributed by atoms with Crippen LogP contribution in [-0.4, -0.2) is 50.7 Å². The summed E-state index contributed by atoms with van der Waals surface area (Å²) in [5.41, 5.74) is 3.76. The zero-order valence-electron chi connectivity index (χ0n) is 18.3. The van der Waals surface area contributed by atoms with Gasteiger partial charge in [-0.25, -0.2) is 4.39 Å². The number of carbonyl (C=O) groups excluding carboxylic acids is 1. The third-order valence-electron chi connectivity index (χ3n) is 6.61. The average Bonchev–Trinajstić information content (AvgIpc) is 3.66. The summed E-state index contributed by atoms with van der Waals surface area (Å²) in [4.78, 5) is 23.2. The second-order valence-electron chi connectivity index (χ2n) is 9.23. The molecule has 0 spiro atoms. The highest BCUT2D eigenvalue weighted by atomic mass is 35.5. The van der Waals surface area contributed by atoms with E-state index in [0.717, 1.165) is 27.9 Å². The van der Waals surface area contributed by atoms with Gasteiger partial charge in [0.2, 0.25) is 0 Å². The van der Waals surface area contributed by atoms with E-state index in [1.165, 1.54) is 24.7 Å². The highest BCUT2D eigenvalue weighted by Crippen LogP contribution is 2.40. The van der Waals surface area contributed by atoms with Crippen LogP contribution < -0.4 is 0 Å². The largest absolute Gasteiger partial charge is 0.387 e. The zero-order valence-corrected chi connectivity index (χ0v) is 19.1. The number of amides is 1. The van der Waals surface area contributed by atoms with Gasteiger partial charge in [-0.2, -0.15) is 0 Å². The highest BCUT2D eigenvalue weighted by Gasteiger charge is 2.39. The van der Waals surface area contributed by atoms with Crippen molar-refractivity contribution in [2.45, 2.75) is 43.9 Å². The molecule has 5 nitrogen and oxygen atoms in total. The maximum absolute atomic E-state index is 14.2. The summed E-state index contributed by atoms with van der Waals surface area (Å²) in [5.74, 6) is 0.275. The van der Waals surface area contributed by atoms with E-state index in [9.17, 15) is 14.3 Å². The predicted octanol–water partition coefficient (Wildman–Crippen LogP) is 5.28. The Morgan fingerprint density at radius 3 is 2.67 bits per heavy atom. The first-order valence-corrected chi connectivity index (χ1v) is 11.6. The molecule has 2 fully saturated rings. The van der Waals surface area contributed by atoms with Crippen molar-refractivity contribution in [3.05, 3.63) is 71.3 Å². The quantitative estimate of drug-likeness (QED) is 0.569. The summed E-state index contributed by atoms with van der Waals surface area (Å²) < 4.78 is 14.2. The molecule has 1 aromatic carbocycles. The molecule has 1 N–H and O–H groups in total. The number of nitrogens with zero attached hydrogens (tertiary/aromatic N) is 3. The molecular weight excluding hydrogens is 441 g/mol. The average molecular weight is 466 g/mol. The van der Waals surface area contributed by atoms with Crippen LogP contribution in [0.25, 0.3) is 22.3 Å². The lowest BCUT2D eigenvalue weighted by Crippen LogP contribution is -2.53. The van der Waals surface area contributed by atoms with Crippen molar-refractivity contribution in [2.75, 3.05) is 13.1 Å². The van der Waals surface area contributed by atoms with Crippen LogP contribution in [0, 0.1) is 0 Å². The van der Waals surface area contributed by atoms with E-state index in [2.05, 4.69) is 16.0 Å². The van der Waals surface area contributed by atoms with Crippen LogP contribution in [0.2, 0.25) is 5.02 Å². The van der Waals surface area contributed by atoms with Gasteiger partial charge in [0.1, 0.15) is 6.17 Å². The number of aromatic nitrogens is 2. The molecule has 1 aliphatic carbocycles. The first-order chi connectivity index (χ1) is 15.8. The lowest BCUT2D eigenvalue weighted by atomic mass is 9.91. The van der Waals surface area contributed by atoms with E-state index in [0.29, 0.717) is 23.0 Å². The van der Waals surface area contributed by atoms with Crippen LogP contribution in [0.3, 0.4) is 0 Å². The van der Waals surface area contributed by atoms with Crippen molar-refractivity contribution in [3.63, 3.8) is 0 Å². The third kappa shape index (κ3) is 4.50. The van der Waals surface area contributed by atoms with Gasteiger partial charge in [0.25, 0.3) is 5.91 Å². The molecule has 7 heteroatoms. The summed E-state index contributed by atoms with van der Waals surface area (Å²) in [6.45, 7) is 1.63. The smallest absolute Gasteiger partial charge is 0.254 e. The van der Waals surface area contributed by atoms with Gasteiger partial charge in [-0.15, -0.1) is 0 Å². The number of pyridine rings is 2. The Morgan fingerprint density at radius 1 is 1.15 bits per heavy atom. The van der Waals surface area contributed by atoms with Crippen molar-refractivity contribution < 1.29 is 14.3 Å². The number of hydrogen-bond donors (Lipinski definition) is 1. The number of alkyl halides is 1. The van der Waals surface area contributed by atoms with Gasteiger partial charge in [-0.1, -0.05) is 17.7 Å². The third-order valence-corrected chi connectivity index (χ3v) is 6.92. The Bertz CT molecular complexity index is 1210. The van der Waals surface area contributed by atoms with Crippen molar-refractivity contribution in [1.82, 2.24) is 14.9 Å². The van der Waals surface area contributed by atoms with Crippen LogP contribution in [0.1, 0.15) is 48.2 Å². The maximum Gasteiger partial charge on any atom is 0.254 e. The molecule has 0 bridgehead atoms. The molecule has 5 rings (SSSR count). The van der Waals surface area contributed by atoms with Gasteiger partial charge in [0, 0.05) is 64.0 Å². The fraction of sp³-hybridized carbons (Fsp3) is 0.346. The predicted molar refractivity (Wildman–Crippen MR) is 126 cm³/mol. The number of hydrogen-bond acceptors (Lipinski definition) is 4. The van der Waals surface area contributed by atoms with Gasteiger partial charge in [0.05, 0.1) is 12.1 Å². The van der Waals surface area contributed by atoms with Crippen LogP contribution in [0.15, 0.2) is 55.0 Å². The van der Waals surface area contributed by atoms with Crippen LogP contribution in [-0.2, 0) is 0 Å². The van der Waals surface area contributed by atoms with E-state index in [4.69, 9.17) is 11.6 Å². The Balaban J connectivity index is 1.38. The lowest BCUT2D eigenvalue weighted by molar-refractivity contribution is -0.0643. The number of likely N-dealkylation sites (tertiary alicyclic amines) is 1. The molecule has 1 saturated carbocycles. The minimum Gasteiger partial charge on any atom is -0.387 e. The minimum atomic E-state index is -1.48. The second kappa shape index (κ2) is 8.50. The molecule has 170 valence electrons. The molecule has 1 saturated heterocycles. The first kappa shape index (κ1) is 22.0. The fourth-order valence-corrected chi connectivity index (χ4v) is 4.51. The summed E-state index contributed by atoms with van der Waals surface area (Å²) >= 11 is 6.57. The molecular formula is C26H25ClFN3O2. The van der Waals surface area contributed by atoms with Crippen LogP contribution in [0.4, 0.5) is 4.39 Å². The molecule has 33 heavy (non-hydrogen) atoms. The van der Waals surface area contributed by atoms with Gasteiger partial charge in [0.15, 0.2) is 0 Å². The van der Waals surface area contributed by atoms with Crippen molar-refractivity contribution in [1.29, 1.82) is 0 Å². The van der Waals surface area contributed by atoms with Crippen molar-refractivity contribution in [3.8, 4) is 22.3 Å². The van der Waals surface area contributed by atoms with Gasteiger partial charge in [-0.3, -0.25) is 14.8 Å². The van der Waals surface area contributed by atoms with Gasteiger partial charge < -0.3 is 10.0 Å². The standard InChI is InChI=1S/C26H25ClFN3O2/c1-26(33)7-9-31(15-24(26)28)25(32)18-4-5-21(22(27)11-18)20-10-19(13-29-14-20)17-6-8-30-23(12-17)16-2-3-16/h4-6,8,10-14,16,24,33H,2-3,7,9,15H2,1H3. The van der Waals surface area contributed by atoms with E-state index in [1.807, 2.05) is 24.5 Å². The van der Waals surface area contributed by atoms with Crippen LogP contribution in [0.5, 0.6) is 0 Å². The summed E-state index contributed by atoms with van der Waals surface area (Å²) in [6.07, 6.45) is 6.51. The summed E-state index contributed by atoms with van der Waals surface area (Å²) in [5, 5.41) is 10.5. The monoisotopic (exact) mass is 465 g/mol. The first-order valence-electron chi connectivity index (χ1n) is 11.2. The van der Waals surface area contributed by atoms with E-state index in [1.54, 1.807) is 24.4 Å². The normalized spacial score (nSPS) is 22.9. The van der Waals surface area contributed by atoms with Gasteiger partial charge >= 0.3 is 0 Å². The molecule has 2 aromatic heterocycles. The van der Waals surface area contributed by atoms with Crippen LogP contribution >= 0.6 is 11.6 Å². The van der Waals surface area contributed by atoms with E-state index in [-0.39, 0.29) is 18.9 Å². The Hall–Kier alpha value is -2.83. The number of benzene rings is 1. The number of aliphatic hydroxyl groups is 1. The Kier molecular flexibility index (Phi) is 5.67. The lowest BCUT2D eigenvalue weighted by Gasteiger charge is -2.38. The minimum absolute atomic E-state index is 0.133. The SMILES string of the molecule is CC1(O)CCN(C(=O)c2ccc(-c3cncc(-c4ccnc(C5CC5)c4)c3)c(Cl)c2)CC1F. The van der Waals surface area contributed by atoms with Crippen molar-refractivity contribution >= 4 is 17.5 Å². The summed E-state index contributed by atoms with van der Waals surface area (Å²) in [7, 11) is 0. The molecule has 1 amide bonds. The van der Waals surface area contributed by atoms with Gasteiger partial charge in [-0.05, 0) is 62.1 Å². The molecule has 1 aliphatic heterocycles. The topological polar surface area (TPSA) is 66.3 Å².